The Bertz CT molecular complexity index is 1970. The minimum absolute atomic E-state index is 0.00304. The number of amides is 3. The molecule has 0 saturated carbocycles. The number of aromatic nitrogens is 1. The smallest absolute Gasteiger partial charge is 0.409 e. The second-order valence-corrected chi connectivity index (χ2v) is 14.7. The number of benzene rings is 3. The first kappa shape index (κ1) is 38.1. The Balaban J connectivity index is 1.17. The molecule has 12 nitrogen and oxygen atoms in total. The standard InChI is InChI=1S/C40H50ClN7O5/c1-5-6-11-36(50)42-22-34(49)38(25(2)3)44-24-43-28-12-13-31-26(18-28)19-32(45-31)39(51)48-23-27(21-41)37-30-10-8-7-9-29(30)35(20-33(37)48)53-40(52)47-16-14-46(4)15-17-47/h7-10,12-13,18-20,25,27,38,43-45H,5-6,11,14-17,21-24H2,1-4H3,(H,42,50)/t27-,38+/m1/s1. The number of hydrogen-bond donors (Lipinski definition) is 4. The van der Waals surface area contributed by atoms with Gasteiger partial charge in [0.05, 0.1) is 24.9 Å². The lowest BCUT2D eigenvalue weighted by atomic mass is 9.95. The van der Waals surface area contributed by atoms with Crippen molar-refractivity contribution in [2.24, 2.45) is 5.92 Å². The molecule has 6 rings (SSSR count). The van der Waals surface area contributed by atoms with Gasteiger partial charge in [-0.2, -0.15) is 0 Å². The minimum Gasteiger partial charge on any atom is -0.409 e. The van der Waals surface area contributed by atoms with Crippen molar-refractivity contribution in [1.29, 1.82) is 0 Å². The zero-order valence-corrected chi connectivity index (χ0v) is 31.7. The molecule has 1 fully saturated rings. The summed E-state index contributed by atoms with van der Waals surface area (Å²) in [7, 11) is 2.03. The molecule has 0 radical (unpaired) electrons. The maximum atomic E-state index is 14.2. The van der Waals surface area contributed by atoms with Crippen LogP contribution in [-0.4, -0.2) is 103 Å². The van der Waals surface area contributed by atoms with Gasteiger partial charge in [-0.05, 0) is 54.6 Å². The highest BCUT2D eigenvalue weighted by molar-refractivity contribution is 6.19. The van der Waals surface area contributed by atoms with E-state index in [-0.39, 0.29) is 36.0 Å². The normalized spacial score (nSPS) is 16.6. The highest BCUT2D eigenvalue weighted by atomic mass is 35.5. The van der Waals surface area contributed by atoms with E-state index in [1.165, 1.54) is 0 Å². The van der Waals surface area contributed by atoms with Gasteiger partial charge in [-0.25, -0.2) is 4.79 Å². The average molecular weight is 744 g/mol. The molecule has 2 aliphatic heterocycles. The number of carbonyl (C=O) groups is 4. The van der Waals surface area contributed by atoms with Crippen molar-refractivity contribution in [2.75, 3.05) is 69.1 Å². The fourth-order valence-corrected chi connectivity index (χ4v) is 7.42. The summed E-state index contributed by atoms with van der Waals surface area (Å²) in [5, 5.41) is 11.9. The first-order chi connectivity index (χ1) is 25.6. The highest BCUT2D eigenvalue weighted by Gasteiger charge is 2.36. The van der Waals surface area contributed by atoms with Gasteiger partial charge < -0.3 is 35.1 Å². The van der Waals surface area contributed by atoms with Crippen LogP contribution in [0.2, 0.25) is 0 Å². The largest absolute Gasteiger partial charge is 0.415 e. The van der Waals surface area contributed by atoms with E-state index in [2.05, 4.69) is 25.8 Å². The zero-order chi connectivity index (χ0) is 37.6. The SMILES string of the molecule is CCCCC(=O)NCC(=O)[C@@H](NCNc1ccc2[nH]c(C(=O)N3C[C@@H](CCl)c4c3cc(OC(=O)N3CCN(C)CC3)c3ccccc43)cc2c1)C(C)C. The molecule has 3 heterocycles. The Labute approximate surface area is 315 Å². The van der Waals surface area contributed by atoms with E-state index < -0.39 is 12.1 Å². The summed E-state index contributed by atoms with van der Waals surface area (Å²) in [5.41, 5.74) is 3.69. The molecule has 0 aliphatic carbocycles. The van der Waals surface area contributed by atoms with Crippen LogP contribution >= 0.6 is 11.6 Å². The van der Waals surface area contributed by atoms with Crippen LogP contribution in [0.25, 0.3) is 21.7 Å². The number of alkyl halides is 1. The number of Topliss-reactive ketones (excluding diaryl/α,β-unsaturated/α-hetero) is 1. The predicted octanol–water partition coefficient (Wildman–Crippen LogP) is 5.91. The van der Waals surface area contributed by atoms with Crippen LogP contribution in [0.1, 0.15) is 62.0 Å². The van der Waals surface area contributed by atoms with Crippen LogP contribution < -0.4 is 25.6 Å². The average Bonchev–Trinajstić information content (AvgIpc) is 3.76. The first-order valence-corrected chi connectivity index (χ1v) is 19.1. The van der Waals surface area contributed by atoms with Crippen LogP contribution in [0.15, 0.2) is 54.6 Å². The number of aromatic amines is 1. The lowest BCUT2D eigenvalue weighted by Crippen LogP contribution is -2.48. The van der Waals surface area contributed by atoms with E-state index in [0.717, 1.165) is 58.9 Å². The van der Waals surface area contributed by atoms with Crippen molar-refractivity contribution in [3.63, 3.8) is 0 Å². The van der Waals surface area contributed by atoms with Crippen LogP contribution in [0.4, 0.5) is 16.2 Å². The summed E-state index contributed by atoms with van der Waals surface area (Å²) in [6, 6.07) is 16.8. The van der Waals surface area contributed by atoms with Crippen molar-refractivity contribution in [3.05, 3.63) is 65.9 Å². The van der Waals surface area contributed by atoms with E-state index in [4.69, 9.17) is 16.3 Å². The van der Waals surface area contributed by atoms with E-state index in [1.54, 1.807) is 9.80 Å². The number of anilines is 2. The number of nitrogens with zero attached hydrogens (tertiary/aromatic N) is 3. The number of ketones is 1. The van der Waals surface area contributed by atoms with Gasteiger partial charge >= 0.3 is 6.09 Å². The van der Waals surface area contributed by atoms with E-state index in [9.17, 15) is 19.2 Å². The van der Waals surface area contributed by atoms with Crippen molar-refractivity contribution in [3.8, 4) is 5.75 Å². The summed E-state index contributed by atoms with van der Waals surface area (Å²) in [5.74, 6) is 0.289. The number of halogens is 1. The number of fused-ring (bicyclic) bond motifs is 4. The minimum atomic E-state index is -0.428. The number of carbonyl (C=O) groups excluding carboxylic acids is 4. The molecule has 3 amide bonds. The van der Waals surface area contributed by atoms with Crippen molar-refractivity contribution in [2.45, 2.75) is 52.0 Å². The van der Waals surface area contributed by atoms with E-state index in [0.29, 0.717) is 55.7 Å². The molecule has 0 spiro atoms. The van der Waals surface area contributed by atoms with Gasteiger partial charge in [0, 0.05) is 79.0 Å². The Hall–Kier alpha value is -4.65. The number of unbranched alkanes of at least 4 members (excludes halogenated alkanes) is 1. The van der Waals surface area contributed by atoms with Crippen LogP contribution in [-0.2, 0) is 9.59 Å². The van der Waals surface area contributed by atoms with Gasteiger partial charge in [-0.15, -0.1) is 11.6 Å². The molecule has 4 aromatic rings. The molecule has 2 aliphatic rings. The number of likely N-dealkylation sites (N-methyl/N-ethyl adjacent to an activating group) is 1. The molecule has 53 heavy (non-hydrogen) atoms. The number of H-pyrrole nitrogens is 1. The number of hydrogen-bond acceptors (Lipinski definition) is 8. The maximum Gasteiger partial charge on any atom is 0.415 e. The molecule has 1 aromatic heterocycles. The molecule has 0 bridgehead atoms. The van der Waals surface area contributed by atoms with Crippen molar-refractivity contribution < 1.29 is 23.9 Å². The third-order valence-electron chi connectivity index (χ3n) is 10.2. The van der Waals surface area contributed by atoms with Gasteiger partial charge in [0.1, 0.15) is 11.4 Å². The van der Waals surface area contributed by atoms with Gasteiger partial charge in [-0.1, -0.05) is 51.5 Å². The molecule has 282 valence electrons. The zero-order valence-electron chi connectivity index (χ0n) is 31.0. The summed E-state index contributed by atoms with van der Waals surface area (Å²) >= 11 is 6.52. The fraction of sp³-hybridized carbons (Fsp3) is 0.450. The fourth-order valence-electron chi connectivity index (χ4n) is 7.17. The van der Waals surface area contributed by atoms with Crippen LogP contribution in [0.3, 0.4) is 0 Å². The molecular formula is C40H50ClN7O5. The second-order valence-electron chi connectivity index (χ2n) is 14.4. The molecular weight excluding hydrogens is 694 g/mol. The second kappa shape index (κ2) is 17.0. The monoisotopic (exact) mass is 743 g/mol. The van der Waals surface area contributed by atoms with E-state index >= 15 is 0 Å². The summed E-state index contributed by atoms with van der Waals surface area (Å²) in [6.45, 7) is 9.41. The van der Waals surface area contributed by atoms with Crippen LogP contribution in [0.5, 0.6) is 5.75 Å². The highest BCUT2D eigenvalue weighted by Crippen LogP contribution is 2.46. The van der Waals surface area contributed by atoms with Gasteiger partial charge in [0.25, 0.3) is 5.91 Å². The Morgan fingerprint density at radius 1 is 1.00 bits per heavy atom. The quantitative estimate of drug-likeness (QED) is 0.0925. The Morgan fingerprint density at radius 3 is 2.47 bits per heavy atom. The number of piperazine rings is 1. The lowest BCUT2D eigenvalue weighted by Gasteiger charge is -2.31. The summed E-state index contributed by atoms with van der Waals surface area (Å²) < 4.78 is 6.04. The van der Waals surface area contributed by atoms with Crippen LogP contribution in [0, 0.1) is 5.92 Å². The van der Waals surface area contributed by atoms with E-state index in [1.807, 2.05) is 82.4 Å². The molecule has 4 N–H and O–H groups in total. The summed E-state index contributed by atoms with van der Waals surface area (Å²) in [6.07, 6.45) is 1.74. The molecule has 1 saturated heterocycles. The Morgan fingerprint density at radius 2 is 1.75 bits per heavy atom. The Kier molecular flexibility index (Phi) is 12.2. The number of rotatable bonds is 14. The van der Waals surface area contributed by atoms with Gasteiger partial charge in [-0.3, -0.25) is 19.7 Å². The first-order valence-electron chi connectivity index (χ1n) is 18.6. The molecule has 3 aromatic carbocycles. The van der Waals surface area contributed by atoms with Crippen molar-refractivity contribution >= 4 is 68.3 Å². The lowest BCUT2D eigenvalue weighted by molar-refractivity contribution is -0.126. The molecule has 0 unspecified atom stereocenters. The summed E-state index contributed by atoms with van der Waals surface area (Å²) in [4.78, 5) is 61.3. The van der Waals surface area contributed by atoms with Gasteiger partial charge in [0.15, 0.2) is 5.78 Å². The maximum absolute atomic E-state index is 14.2. The third kappa shape index (κ3) is 8.61. The molecule has 2 atom stereocenters. The number of nitrogens with one attached hydrogen (secondary N) is 4. The predicted molar refractivity (Wildman–Crippen MR) is 210 cm³/mol. The molecule has 13 heteroatoms. The third-order valence-corrected chi connectivity index (χ3v) is 10.6. The van der Waals surface area contributed by atoms with Gasteiger partial charge in [0.2, 0.25) is 5.91 Å². The topological polar surface area (TPSA) is 139 Å². The van der Waals surface area contributed by atoms with Crippen molar-refractivity contribution in [1.82, 2.24) is 25.4 Å². The number of ether oxygens (including phenoxy) is 1.